The van der Waals surface area contributed by atoms with Crippen LogP contribution in [0.25, 0.3) is 22.1 Å². The maximum atomic E-state index is 13.1. The van der Waals surface area contributed by atoms with Crippen molar-refractivity contribution < 1.29 is 28.2 Å². The van der Waals surface area contributed by atoms with Gasteiger partial charge in [0.25, 0.3) is 0 Å². The molecule has 0 bridgehead atoms. The molecule has 180 valence electrons. The molecule has 0 radical (unpaired) electrons. The fourth-order valence-corrected chi connectivity index (χ4v) is 4.02. The second-order valence-electron chi connectivity index (χ2n) is 8.21. The van der Waals surface area contributed by atoms with E-state index in [0.717, 1.165) is 11.1 Å². The van der Waals surface area contributed by atoms with E-state index in [9.17, 15) is 14.4 Å². The molecule has 0 aliphatic carbocycles. The molecule has 1 aromatic heterocycles. The van der Waals surface area contributed by atoms with Crippen LogP contribution in [0.4, 0.5) is 5.88 Å². The zero-order valence-corrected chi connectivity index (χ0v) is 19.2. The summed E-state index contributed by atoms with van der Waals surface area (Å²) in [5, 5.41) is 0.476. The van der Waals surface area contributed by atoms with Gasteiger partial charge in [-0.2, -0.15) is 0 Å². The summed E-state index contributed by atoms with van der Waals surface area (Å²) in [6.07, 6.45) is 4.79. The van der Waals surface area contributed by atoms with Crippen molar-refractivity contribution in [3.63, 3.8) is 0 Å². The Morgan fingerprint density at radius 2 is 1.69 bits per heavy atom. The Kier molecular flexibility index (Phi) is 7.60. The third kappa shape index (κ3) is 5.60. The maximum absolute atomic E-state index is 13.1. The zero-order chi connectivity index (χ0) is 24.7. The minimum Gasteiger partial charge on any atom is -0.452 e. The van der Waals surface area contributed by atoms with Gasteiger partial charge in [-0.05, 0) is 11.6 Å². The molecular formula is C27H26NO7+. The number of carbonyl (C=O) groups excluding carboxylic acids is 2. The number of hydrogen-bond acceptors (Lipinski definition) is 7. The van der Waals surface area contributed by atoms with Gasteiger partial charge in [-0.15, -0.1) is 6.42 Å². The molecule has 0 spiro atoms. The molecule has 0 N–H and O–H groups in total. The highest BCUT2D eigenvalue weighted by atomic mass is 16.6. The molecule has 1 fully saturated rings. The number of esters is 2. The van der Waals surface area contributed by atoms with Gasteiger partial charge in [0.15, 0.2) is 17.6 Å². The molecule has 2 aromatic carbocycles. The highest BCUT2D eigenvalue weighted by Gasteiger charge is 2.38. The van der Waals surface area contributed by atoms with Crippen LogP contribution in [0.15, 0.2) is 63.8 Å². The number of rotatable bonds is 8. The number of para-hydroxylation sites is 1. The SMILES string of the molecule is C#CCOC(=O)CCC(=O)OC[N+]1(c2cc(=O)c3cccc(-c4ccccc4)c3o2)CCOCC1. The van der Waals surface area contributed by atoms with E-state index in [4.69, 9.17) is 25.1 Å². The van der Waals surface area contributed by atoms with Crippen molar-refractivity contribution in [1.29, 1.82) is 0 Å². The number of fused-ring (bicyclic) bond motifs is 1. The second-order valence-corrected chi connectivity index (χ2v) is 8.21. The fourth-order valence-electron chi connectivity index (χ4n) is 4.02. The number of ether oxygens (including phenoxy) is 3. The molecule has 1 saturated heterocycles. The molecule has 2 heterocycles. The number of carbonyl (C=O) groups is 2. The Bertz CT molecular complexity index is 1300. The van der Waals surface area contributed by atoms with E-state index in [-0.39, 0.29) is 36.1 Å². The first-order valence-corrected chi connectivity index (χ1v) is 11.3. The van der Waals surface area contributed by atoms with Gasteiger partial charge in [0.05, 0.1) is 37.5 Å². The molecule has 8 heteroatoms. The lowest BCUT2D eigenvalue weighted by Gasteiger charge is -2.37. The molecular weight excluding hydrogens is 450 g/mol. The Labute approximate surface area is 202 Å². The van der Waals surface area contributed by atoms with E-state index in [0.29, 0.717) is 43.2 Å². The van der Waals surface area contributed by atoms with Gasteiger partial charge in [0, 0.05) is 5.56 Å². The molecule has 0 amide bonds. The highest BCUT2D eigenvalue weighted by Crippen LogP contribution is 2.32. The molecule has 0 unspecified atom stereocenters. The summed E-state index contributed by atoms with van der Waals surface area (Å²) >= 11 is 0. The molecule has 35 heavy (non-hydrogen) atoms. The average Bonchev–Trinajstić information content (AvgIpc) is 2.90. The van der Waals surface area contributed by atoms with E-state index in [1.165, 1.54) is 6.07 Å². The van der Waals surface area contributed by atoms with Gasteiger partial charge in [0.2, 0.25) is 6.73 Å². The predicted molar refractivity (Wildman–Crippen MR) is 130 cm³/mol. The molecule has 4 rings (SSSR count). The first-order valence-electron chi connectivity index (χ1n) is 11.3. The van der Waals surface area contributed by atoms with Crippen molar-refractivity contribution in [1.82, 2.24) is 4.48 Å². The van der Waals surface area contributed by atoms with Crippen LogP contribution in [0.2, 0.25) is 0 Å². The molecule has 0 atom stereocenters. The fraction of sp³-hybridized carbons (Fsp3) is 0.296. The lowest BCUT2D eigenvalue weighted by atomic mass is 10.0. The van der Waals surface area contributed by atoms with Crippen LogP contribution >= 0.6 is 0 Å². The number of benzene rings is 2. The number of quaternary nitrogens is 1. The summed E-state index contributed by atoms with van der Waals surface area (Å²) in [4.78, 5) is 37.1. The highest BCUT2D eigenvalue weighted by molar-refractivity contribution is 5.92. The Morgan fingerprint density at radius 3 is 2.40 bits per heavy atom. The van der Waals surface area contributed by atoms with E-state index in [1.54, 1.807) is 6.07 Å². The predicted octanol–water partition coefficient (Wildman–Crippen LogP) is 3.25. The van der Waals surface area contributed by atoms with Crippen molar-refractivity contribution in [2.45, 2.75) is 12.8 Å². The topological polar surface area (TPSA) is 92.0 Å². The maximum Gasteiger partial charge on any atom is 0.310 e. The van der Waals surface area contributed by atoms with Crippen LogP contribution in [0.3, 0.4) is 0 Å². The third-order valence-electron chi connectivity index (χ3n) is 5.94. The van der Waals surface area contributed by atoms with Crippen LogP contribution in [0, 0.1) is 12.3 Å². The van der Waals surface area contributed by atoms with Crippen molar-refractivity contribution in [3.05, 3.63) is 64.8 Å². The number of nitrogens with zero attached hydrogens (tertiary/aromatic N) is 1. The monoisotopic (exact) mass is 476 g/mol. The summed E-state index contributed by atoms with van der Waals surface area (Å²) < 4.78 is 22.3. The Morgan fingerprint density at radius 1 is 0.971 bits per heavy atom. The lowest BCUT2D eigenvalue weighted by molar-refractivity contribution is -0.154. The van der Waals surface area contributed by atoms with E-state index < -0.39 is 11.9 Å². The minimum absolute atomic E-state index is 0.0520. The second kappa shape index (κ2) is 11.0. The molecule has 3 aromatic rings. The first kappa shape index (κ1) is 24.2. The molecule has 1 aliphatic heterocycles. The van der Waals surface area contributed by atoms with Crippen LogP contribution < -0.4 is 9.91 Å². The third-order valence-corrected chi connectivity index (χ3v) is 5.94. The van der Waals surface area contributed by atoms with Gasteiger partial charge in [-0.3, -0.25) is 14.4 Å². The van der Waals surface area contributed by atoms with Crippen molar-refractivity contribution in [2.75, 3.05) is 39.6 Å². The molecule has 8 nitrogen and oxygen atoms in total. The van der Waals surface area contributed by atoms with Gasteiger partial charge < -0.3 is 18.6 Å². The summed E-state index contributed by atoms with van der Waals surface area (Å²) in [5.41, 5.74) is 2.03. The minimum atomic E-state index is -0.566. The van der Waals surface area contributed by atoms with E-state index >= 15 is 0 Å². The summed E-state index contributed by atoms with van der Waals surface area (Å²) in [6.45, 7) is 1.55. The smallest absolute Gasteiger partial charge is 0.310 e. The van der Waals surface area contributed by atoms with Crippen LogP contribution in [0.5, 0.6) is 0 Å². The Balaban J connectivity index is 1.62. The summed E-state index contributed by atoms with van der Waals surface area (Å²) in [7, 11) is 0. The number of hydrogen-bond donors (Lipinski definition) is 0. The first-order chi connectivity index (χ1) is 17.0. The van der Waals surface area contributed by atoms with Crippen molar-refractivity contribution >= 4 is 28.8 Å². The van der Waals surface area contributed by atoms with Gasteiger partial charge >= 0.3 is 17.8 Å². The van der Waals surface area contributed by atoms with E-state index in [2.05, 4.69) is 5.92 Å². The van der Waals surface area contributed by atoms with Crippen LogP contribution in [-0.4, -0.2) is 51.6 Å². The van der Waals surface area contributed by atoms with Gasteiger partial charge in [-0.25, -0.2) is 4.48 Å². The Hall–Kier alpha value is -3.93. The van der Waals surface area contributed by atoms with Crippen molar-refractivity contribution in [3.8, 4) is 23.5 Å². The van der Waals surface area contributed by atoms with E-state index in [1.807, 2.05) is 42.5 Å². The largest absolute Gasteiger partial charge is 0.452 e. The van der Waals surface area contributed by atoms with Gasteiger partial charge in [0.1, 0.15) is 13.1 Å². The number of terminal acetylenes is 1. The van der Waals surface area contributed by atoms with Gasteiger partial charge in [-0.1, -0.05) is 48.4 Å². The zero-order valence-electron chi connectivity index (χ0n) is 19.2. The molecule has 0 saturated carbocycles. The average molecular weight is 477 g/mol. The quantitative estimate of drug-likeness (QED) is 0.280. The summed E-state index contributed by atoms with van der Waals surface area (Å²) in [5.74, 6) is 1.48. The van der Waals surface area contributed by atoms with Crippen molar-refractivity contribution in [2.24, 2.45) is 0 Å². The lowest BCUT2D eigenvalue weighted by Crippen LogP contribution is -2.58. The summed E-state index contributed by atoms with van der Waals surface area (Å²) in [6, 6.07) is 16.6. The normalized spacial score (nSPS) is 14.7. The number of morpholine rings is 1. The van der Waals surface area contributed by atoms with Crippen LogP contribution in [-0.2, 0) is 23.8 Å². The van der Waals surface area contributed by atoms with Crippen LogP contribution in [0.1, 0.15) is 12.8 Å². The standard InChI is InChI=1S/C27H26NO7/c1-2-15-33-25(30)11-12-26(31)34-19-28(13-16-32-17-14-28)24-18-23(29)22-10-6-9-21(27(22)35-24)20-7-4-3-5-8-20/h1,3-10,18H,11-17,19H2/q+1. The molecule has 1 aliphatic rings.